The fraction of sp³-hybridized carbons (Fsp3) is 0.500. The first-order valence-electron chi connectivity index (χ1n) is 6.63. The Balaban J connectivity index is 2.13. The molecule has 0 amide bonds. The van der Waals surface area contributed by atoms with Crippen LogP contribution in [0.4, 0.5) is 0 Å². The van der Waals surface area contributed by atoms with E-state index in [0.717, 1.165) is 38.0 Å². The molecule has 0 unspecified atom stereocenters. The van der Waals surface area contributed by atoms with Crippen molar-refractivity contribution in [3.8, 4) is 0 Å². The van der Waals surface area contributed by atoms with Gasteiger partial charge in [0.1, 0.15) is 0 Å². The van der Waals surface area contributed by atoms with Crippen molar-refractivity contribution in [3.63, 3.8) is 0 Å². The number of unbranched alkanes of at least 4 members (excludes halogenated alkanes) is 3. The molecule has 0 atom stereocenters. The summed E-state index contributed by atoms with van der Waals surface area (Å²) in [5, 5.41) is 0.0875. The molecule has 0 fully saturated rings. The lowest BCUT2D eigenvalue weighted by Gasteiger charge is -2.05. The van der Waals surface area contributed by atoms with E-state index in [0.29, 0.717) is 10.3 Å². The summed E-state index contributed by atoms with van der Waals surface area (Å²) in [6.45, 7) is 6.18. The van der Waals surface area contributed by atoms with Gasteiger partial charge >= 0.3 is 0 Å². The molecule has 0 bridgehead atoms. The first-order chi connectivity index (χ1) is 9.50. The Morgan fingerprint density at radius 1 is 1.40 bits per heavy atom. The summed E-state index contributed by atoms with van der Waals surface area (Å²) < 4.78 is 2.34. The largest absolute Gasteiger partial charge is 0.325 e. The lowest BCUT2D eigenvalue weighted by atomic mass is 10.2. The van der Waals surface area contributed by atoms with Gasteiger partial charge in [0.15, 0.2) is 4.77 Å². The minimum atomic E-state index is -0.162. The van der Waals surface area contributed by atoms with Crippen molar-refractivity contribution < 1.29 is 4.79 Å². The zero-order valence-corrected chi connectivity index (χ0v) is 13.3. The third kappa shape index (κ3) is 6.34. The van der Waals surface area contributed by atoms with Crippen LogP contribution < -0.4 is 5.56 Å². The van der Waals surface area contributed by atoms with E-state index in [2.05, 4.69) is 11.6 Å². The van der Waals surface area contributed by atoms with Gasteiger partial charge < -0.3 is 4.57 Å². The summed E-state index contributed by atoms with van der Waals surface area (Å²) >= 11 is 6.41. The zero-order chi connectivity index (χ0) is 15.0. The number of rotatable bonds is 8. The second-order valence-electron chi connectivity index (χ2n) is 4.63. The number of thioether (sulfide) groups is 1. The molecule has 6 heteroatoms. The van der Waals surface area contributed by atoms with Crippen molar-refractivity contribution in [2.75, 3.05) is 5.75 Å². The minimum Gasteiger partial charge on any atom is -0.325 e. The van der Waals surface area contributed by atoms with Crippen LogP contribution in [0.5, 0.6) is 0 Å². The Bertz CT molecular complexity index is 575. The monoisotopic (exact) mass is 312 g/mol. The smallest absolute Gasteiger partial charge is 0.251 e. The van der Waals surface area contributed by atoms with Gasteiger partial charge in [0.25, 0.3) is 5.56 Å². The molecule has 4 nitrogen and oxygen atoms in total. The highest BCUT2D eigenvalue weighted by atomic mass is 32.2. The van der Waals surface area contributed by atoms with Gasteiger partial charge in [-0.1, -0.05) is 31.2 Å². The topological polar surface area (TPSA) is 54.9 Å². The molecule has 1 N–H and O–H groups in total. The highest BCUT2D eigenvalue weighted by molar-refractivity contribution is 8.14. The Morgan fingerprint density at radius 3 is 2.75 bits per heavy atom. The third-order valence-corrected chi connectivity index (χ3v) is 4.21. The van der Waals surface area contributed by atoms with E-state index in [1.165, 1.54) is 17.8 Å². The number of carbonyl (C=O) groups is 1. The molecule has 0 aliphatic carbocycles. The highest BCUT2D eigenvalue weighted by Gasteiger charge is 2.02. The highest BCUT2D eigenvalue weighted by Crippen LogP contribution is 2.12. The molecular weight excluding hydrogens is 292 g/mol. The number of nitrogens with one attached hydrogen (secondary N) is 1. The van der Waals surface area contributed by atoms with Crippen molar-refractivity contribution in [3.05, 3.63) is 39.5 Å². The maximum absolute atomic E-state index is 11.3. The average molecular weight is 312 g/mol. The van der Waals surface area contributed by atoms with Gasteiger partial charge in [-0.25, -0.2) is 0 Å². The van der Waals surface area contributed by atoms with Crippen LogP contribution in [0.1, 0.15) is 32.6 Å². The van der Waals surface area contributed by atoms with Crippen LogP contribution >= 0.6 is 24.0 Å². The molecule has 0 saturated carbocycles. The van der Waals surface area contributed by atoms with E-state index in [9.17, 15) is 9.59 Å². The first-order valence-corrected chi connectivity index (χ1v) is 8.02. The van der Waals surface area contributed by atoms with Crippen LogP contribution in [0.2, 0.25) is 0 Å². The Labute approximate surface area is 128 Å². The Kier molecular flexibility index (Phi) is 7.54. The summed E-state index contributed by atoms with van der Waals surface area (Å²) in [6, 6.07) is 1.48. The summed E-state index contributed by atoms with van der Waals surface area (Å²) in [6.07, 6.45) is 5.94. The summed E-state index contributed by atoms with van der Waals surface area (Å²) in [5.74, 6) is 0.851. The van der Waals surface area contributed by atoms with Gasteiger partial charge in [-0.2, -0.15) is 0 Å². The van der Waals surface area contributed by atoms with Crippen molar-refractivity contribution in [1.82, 2.24) is 9.55 Å². The predicted octanol–water partition coefficient (Wildman–Crippen LogP) is 3.30. The SMILES string of the molecule is C=C(C)C(=O)SCCCCCCn1ccc(=O)[nH]c1=S. The van der Waals surface area contributed by atoms with Crippen LogP contribution in [-0.4, -0.2) is 20.4 Å². The lowest BCUT2D eigenvalue weighted by molar-refractivity contribution is -0.107. The Hall–Kier alpha value is -1.14. The zero-order valence-electron chi connectivity index (χ0n) is 11.7. The molecule has 0 aliphatic rings. The van der Waals surface area contributed by atoms with Crippen molar-refractivity contribution in [1.29, 1.82) is 0 Å². The van der Waals surface area contributed by atoms with Crippen LogP contribution in [0, 0.1) is 4.77 Å². The fourth-order valence-corrected chi connectivity index (χ4v) is 2.68. The van der Waals surface area contributed by atoms with E-state index >= 15 is 0 Å². The number of hydrogen-bond acceptors (Lipinski definition) is 4. The number of aromatic amines is 1. The second-order valence-corrected chi connectivity index (χ2v) is 6.09. The van der Waals surface area contributed by atoms with Gasteiger partial charge in [-0.3, -0.25) is 14.6 Å². The van der Waals surface area contributed by atoms with Gasteiger partial charge in [0, 0.05) is 24.6 Å². The fourth-order valence-electron chi connectivity index (χ4n) is 1.65. The number of aromatic nitrogens is 2. The molecule has 1 aromatic heterocycles. The van der Waals surface area contributed by atoms with Crippen LogP contribution in [0.15, 0.2) is 29.2 Å². The summed E-state index contributed by atoms with van der Waals surface area (Å²) in [5.41, 5.74) is 0.452. The normalized spacial score (nSPS) is 10.4. The number of hydrogen-bond donors (Lipinski definition) is 1. The molecule has 0 spiro atoms. The third-order valence-electron chi connectivity index (χ3n) is 2.77. The van der Waals surface area contributed by atoms with Crippen LogP contribution in [0.3, 0.4) is 0 Å². The molecule has 0 aliphatic heterocycles. The van der Waals surface area contributed by atoms with E-state index in [-0.39, 0.29) is 10.7 Å². The van der Waals surface area contributed by atoms with E-state index in [1.807, 2.05) is 4.57 Å². The molecule has 0 saturated heterocycles. The average Bonchev–Trinajstić information content (AvgIpc) is 2.39. The van der Waals surface area contributed by atoms with Gasteiger partial charge in [0.05, 0.1) is 0 Å². The van der Waals surface area contributed by atoms with Crippen molar-refractivity contribution in [2.24, 2.45) is 0 Å². The number of carbonyl (C=O) groups excluding carboxylic acids is 1. The second kappa shape index (κ2) is 8.92. The molecule has 1 rings (SSSR count). The summed E-state index contributed by atoms with van der Waals surface area (Å²) in [7, 11) is 0. The standard InChI is InChI=1S/C14H20N2O2S2/c1-11(2)13(18)20-10-6-4-3-5-8-16-9-7-12(17)15-14(16)19/h7,9H,1,3-6,8,10H2,2H3,(H,15,17,19). The maximum Gasteiger partial charge on any atom is 0.251 e. The van der Waals surface area contributed by atoms with Crippen LogP contribution in [0.25, 0.3) is 0 Å². The van der Waals surface area contributed by atoms with E-state index in [1.54, 1.807) is 13.1 Å². The van der Waals surface area contributed by atoms with Gasteiger partial charge in [-0.15, -0.1) is 0 Å². The van der Waals surface area contributed by atoms with E-state index < -0.39 is 0 Å². The van der Waals surface area contributed by atoms with Gasteiger partial charge in [0.2, 0.25) is 5.12 Å². The van der Waals surface area contributed by atoms with Crippen molar-refractivity contribution >= 4 is 29.1 Å². The predicted molar refractivity (Wildman–Crippen MR) is 86.6 cm³/mol. The number of H-pyrrole nitrogens is 1. The molecule has 1 heterocycles. The molecule has 110 valence electrons. The van der Waals surface area contributed by atoms with Crippen LogP contribution in [-0.2, 0) is 11.3 Å². The molecule has 1 aromatic rings. The molecule has 0 aromatic carbocycles. The minimum absolute atomic E-state index is 0.0875. The first kappa shape index (κ1) is 16.9. The quantitative estimate of drug-likeness (QED) is 0.454. The molecular formula is C14H20N2O2S2. The summed E-state index contributed by atoms with van der Waals surface area (Å²) in [4.78, 5) is 24.9. The lowest BCUT2D eigenvalue weighted by Crippen LogP contribution is -2.11. The molecule has 20 heavy (non-hydrogen) atoms. The van der Waals surface area contributed by atoms with E-state index in [4.69, 9.17) is 12.2 Å². The number of nitrogens with zero attached hydrogens (tertiary/aromatic N) is 1. The van der Waals surface area contributed by atoms with Crippen molar-refractivity contribution in [2.45, 2.75) is 39.2 Å². The van der Waals surface area contributed by atoms with Gasteiger partial charge in [-0.05, 0) is 37.6 Å². The number of aryl methyl sites for hydroxylation is 1. The maximum atomic E-state index is 11.3. The Morgan fingerprint density at radius 2 is 2.10 bits per heavy atom. The molecule has 0 radical (unpaired) electrons.